The minimum Gasteiger partial charge on any atom is -0.467 e. The lowest BCUT2D eigenvalue weighted by Gasteiger charge is -2.27. The molecule has 0 amide bonds. The predicted octanol–water partition coefficient (Wildman–Crippen LogP) is 4.88. The van der Waals surface area contributed by atoms with Crippen LogP contribution in [0.2, 0.25) is 0 Å². The Morgan fingerprint density at radius 1 is 1.17 bits per heavy atom. The zero-order chi connectivity index (χ0) is 24.9. The molecule has 1 atom stereocenters. The van der Waals surface area contributed by atoms with Crippen LogP contribution >= 0.6 is 0 Å². The molecular formula is C27H26FN3O4. The number of carbonyl (C=O) groups is 1. The van der Waals surface area contributed by atoms with Crippen LogP contribution in [0.25, 0.3) is 11.1 Å². The molecule has 0 saturated carbocycles. The summed E-state index contributed by atoms with van der Waals surface area (Å²) in [5, 5.41) is 0. The Morgan fingerprint density at radius 3 is 2.54 bits per heavy atom. The molecule has 1 aliphatic rings. The van der Waals surface area contributed by atoms with Crippen LogP contribution < -0.4 is 10.3 Å². The second-order valence-electron chi connectivity index (χ2n) is 7.99. The van der Waals surface area contributed by atoms with E-state index in [0.29, 0.717) is 47.7 Å². The van der Waals surface area contributed by atoms with Gasteiger partial charge in [0, 0.05) is 6.54 Å². The first-order valence-electron chi connectivity index (χ1n) is 11.3. The zero-order valence-electron chi connectivity index (χ0n) is 19.6. The van der Waals surface area contributed by atoms with E-state index >= 15 is 0 Å². The minimum atomic E-state index is -0.718. The second-order valence-corrected chi connectivity index (χ2v) is 7.99. The number of carbonyl (C=O) groups excluding carboxylic acids is 1. The van der Waals surface area contributed by atoms with E-state index in [1.54, 1.807) is 29.0 Å². The van der Waals surface area contributed by atoms with Gasteiger partial charge in [-0.25, -0.2) is 18.9 Å². The van der Waals surface area contributed by atoms with Crippen molar-refractivity contribution in [1.29, 1.82) is 0 Å². The molecule has 35 heavy (non-hydrogen) atoms. The molecule has 0 radical (unpaired) electrons. The molecule has 0 N–H and O–H groups in total. The smallest absolute Gasteiger partial charge is 0.330 e. The molecule has 0 fully saturated rings. The van der Waals surface area contributed by atoms with Crippen LogP contribution in [-0.2, 0) is 16.1 Å². The molecule has 7 nitrogen and oxygen atoms in total. The maximum Gasteiger partial charge on any atom is 0.330 e. The van der Waals surface area contributed by atoms with Crippen molar-refractivity contribution in [3.05, 3.63) is 101 Å². The third-order valence-corrected chi connectivity index (χ3v) is 5.71. The van der Waals surface area contributed by atoms with Crippen molar-refractivity contribution >= 4 is 11.7 Å². The summed E-state index contributed by atoms with van der Waals surface area (Å²) in [5.41, 5.74) is 1.31. The molecule has 0 saturated heterocycles. The predicted molar refractivity (Wildman–Crippen MR) is 132 cm³/mol. The summed E-state index contributed by atoms with van der Waals surface area (Å²) >= 11 is 0. The highest BCUT2D eigenvalue weighted by molar-refractivity contribution is 6.12. The summed E-state index contributed by atoms with van der Waals surface area (Å²) < 4.78 is 27.7. The normalized spacial score (nSPS) is 15.6. The number of hydrogen-bond acceptors (Lipinski definition) is 5. The number of fused-ring (bicyclic) bond motifs is 1. The summed E-state index contributed by atoms with van der Waals surface area (Å²) in [7, 11) is 1.32. The van der Waals surface area contributed by atoms with Crippen molar-refractivity contribution in [2.24, 2.45) is 4.99 Å². The lowest BCUT2D eigenvalue weighted by atomic mass is 10.0. The molecule has 4 rings (SSSR count). The monoisotopic (exact) mass is 475 g/mol. The van der Waals surface area contributed by atoms with Gasteiger partial charge in [0.15, 0.2) is 0 Å². The molecule has 0 bridgehead atoms. The van der Waals surface area contributed by atoms with E-state index in [0.717, 1.165) is 0 Å². The standard InChI is InChI=1S/C27H26FN3O4/c1-4-9-22(29-18(2)35-21-10-6-5-7-11-21)25-24(19-13-15-20(28)16-14-19)26(32)30-17-8-12-23(31(25)30)27(33)34-3/h4-7,9-11,13-16,23H,2,8,12,17H2,1,3H3/b9-4-,29-22+. The number of hydrogen-bond donors (Lipinski definition) is 0. The molecular weight excluding hydrogens is 449 g/mol. The van der Waals surface area contributed by atoms with E-state index in [-0.39, 0.29) is 11.4 Å². The van der Waals surface area contributed by atoms with Gasteiger partial charge in [-0.15, -0.1) is 0 Å². The maximum atomic E-state index is 13.7. The Balaban J connectivity index is 1.95. The topological polar surface area (TPSA) is 74.8 Å². The van der Waals surface area contributed by atoms with Crippen LogP contribution in [0.15, 0.2) is 89.0 Å². The average molecular weight is 476 g/mol. The zero-order valence-corrected chi connectivity index (χ0v) is 19.6. The van der Waals surface area contributed by atoms with Gasteiger partial charge in [0.1, 0.15) is 17.6 Å². The van der Waals surface area contributed by atoms with Crippen LogP contribution in [0.1, 0.15) is 31.5 Å². The number of esters is 1. The third kappa shape index (κ3) is 4.87. The van der Waals surface area contributed by atoms with Crippen molar-refractivity contribution in [1.82, 2.24) is 9.36 Å². The Labute approximate surface area is 202 Å². The Bertz CT molecular complexity index is 1350. The number of ether oxygens (including phenoxy) is 2. The van der Waals surface area contributed by atoms with E-state index in [4.69, 9.17) is 9.47 Å². The molecule has 180 valence electrons. The molecule has 0 spiro atoms. The largest absolute Gasteiger partial charge is 0.467 e. The number of aromatic nitrogens is 2. The minimum absolute atomic E-state index is 0.104. The molecule has 2 heterocycles. The summed E-state index contributed by atoms with van der Waals surface area (Å²) in [6.07, 6.45) is 4.62. The van der Waals surface area contributed by atoms with Crippen LogP contribution in [0.4, 0.5) is 4.39 Å². The molecule has 2 aromatic carbocycles. The van der Waals surface area contributed by atoms with E-state index in [9.17, 15) is 14.0 Å². The van der Waals surface area contributed by atoms with E-state index < -0.39 is 17.8 Å². The molecule has 8 heteroatoms. The van der Waals surface area contributed by atoms with Crippen molar-refractivity contribution in [2.75, 3.05) is 7.11 Å². The average Bonchev–Trinajstić information content (AvgIpc) is 3.16. The van der Waals surface area contributed by atoms with Crippen LogP contribution in [0.3, 0.4) is 0 Å². The number of nitrogens with zero attached hydrogens (tertiary/aromatic N) is 3. The molecule has 0 aliphatic carbocycles. The number of benzene rings is 2. The van der Waals surface area contributed by atoms with Gasteiger partial charge in [0.2, 0.25) is 5.88 Å². The van der Waals surface area contributed by atoms with Crippen molar-refractivity contribution in [2.45, 2.75) is 32.4 Å². The van der Waals surface area contributed by atoms with Gasteiger partial charge in [0.05, 0.1) is 24.1 Å². The lowest BCUT2D eigenvalue weighted by molar-refractivity contribution is -0.146. The Kier molecular flexibility index (Phi) is 7.10. The van der Waals surface area contributed by atoms with Gasteiger partial charge in [-0.2, -0.15) is 0 Å². The second kappa shape index (κ2) is 10.4. The maximum absolute atomic E-state index is 13.7. The first kappa shape index (κ1) is 23.9. The highest BCUT2D eigenvalue weighted by Gasteiger charge is 2.34. The number of methoxy groups -OCH3 is 1. The summed E-state index contributed by atoms with van der Waals surface area (Å²) in [4.78, 5) is 30.9. The fourth-order valence-corrected chi connectivity index (χ4v) is 4.24. The number of allylic oxidation sites excluding steroid dienone is 2. The number of halogens is 1. The van der Waals surface area contributed by atoms with Gasteiger partial charge in [-0.3, -0.25) is 9.48 Å². The van der Waals surface area contributed by atoms with E-state index in [2.05, 4.69) is 11.6 Å². The number of rotatable bonds is 7. The summed E-state index contributed by atoms with van der Waals surface area (Å²) in [6, 6.07) is 14.0. The molecule has 1 unspecified atom stereocenters. The van der Waals surface area contributed by atoms with Crippen LogP contribution in [-0.4, -0.2) is 28.2 Å². The van der Waals surface area contributed by atoms with Gasteiger partial charge in [-0.1, -0.05) is 36.4 Å². The summed E-state index contributed by atoms with van der Waals surface area (Å²) in [6.45, 7) is 6.16. The first-order chi connectivity index (χ1) is 16.9. The van der Waals surface area contributed by atoms with Crippen molar-refractivity contribution in [3.63, 3.8) is 0 Å². The van der Waals surface area contributed by atoms with Gasteiger partial charge >= 0.3 is 5.97 Å². The van der Waals surface area contributed by atoms with Crippen LogP contribution in [0, 0.1) is 5.82 Å². The quantitative estimate of drug-likeness (QED) is 0.277. The molecule has 1 aliphatic heterocycles. The van der Waals surface area contributed by atoms with Gasteiger partial charge < -0.3 is 9.47 Å². The van der Waals surface area contributed by atoms with Gasteiger partial charge in [-0.05, 0) is 62.2 Å². The first-order valence-corrected chi connectivity index (χ1v) is 11.3. The Morgan fingerprint density at radius 2 is 1.89 bits per heavy atom. The van der Waals surface area contributed by atoms with Crippen molar-refractivity contribution < 1.29 is 18.7 Å². The fourth-order valence-electron chi connectivity index (χ4n) is 4.24. The SMILES string of the molecule is C=C(/N=C(\C=C/C)c1c(-c2ccc(F)cc2)c(=O)n2n1C(C(=O)OC)CCC2)Oc1ccccc1. The molecule has 3 aromatic rings. The number of para-hydroxylation sites is 1. The summed E-state index contributed by atoms with van der Waals surface area (Å²) in [5.74, 6) is -0.213. The van der Waals surface area contributed by atoms with Gasteiger partial charge in [0.25, 0.3) is 5.56 Å². The molecule has 1 aromatic heterocycles. The van der Waals surface area contributed by atoms with Crippen LogP contribution in [0.5, 0.6) is 5.75 Å². The highest BCUT2D eigenvalue weighted by atomic mass is 19.1. The Hall–Kier alpha value is -4.20. The van der Waals surface area contributed by atoms with E-state index in [1.807, 2.05) is 25.1 Å². The van der Waals surface area contributed by atoms with Crippen molar-refractivity contribution in [3.8, 4) is 16.9 Å². The van der Waals surface area contributed by atoms with E-state index in [1.165, 1.54) is 36.1 Å². The fraction of sp³-hybridized carbons (Fsp3) is 0.222. The highest BCUT2D eigenvalue weighted by Crippen LogP contribution is 2.31. The number of aliphatic imine (C=N–C) groups is 1. The third-order valence-electron chi connectivity index (χ3n) is 5.71. The lowest BCUT2D eigenvalue weighted by Crippen LogP contribution is -2.36.